The fourth-order valence-electron chi connectivity index (χ4n) is 11.6. The van der Waals surface area contributed by atoms with E-state index in [1.54, 1.807) is 28.4 Å². The summed E-state index contributed by atoms with van der Waals surface area (Å²) in [5.74, 6) is -0.139. The van der Waals surface area contributed by atoms with Crippen LogP contribution in [0, 0.1) is 29.6 Å². The van der Waals surface area contributed by atoms with E-state index < -0.39 is 18.3 Å². The number of rotatable bonds is 11. The lowest BCUT2D eigenvalue weighted by atomic mass is 9.64. The maximum atomic E-state index is 15.2. The van der Waals surface area contributed by atoms with Crippen molar-refractivity contribution >= 4 is 11.8 Å². The molecule has 0 spiro atoms. The molecule has 12 nitrogen and oxygen atoms in total. The molecule has 0 amide bonds. The number of hydrogen-bond donors (Lipinski definition) is 0. The molecule has 17 atom stereocenters. The van der Waals surface area contributed by atoms with Gasteiger partial charge < -0.3 is 47.5 Å². The van der Waals surface area contributed by atoms with Crippen molar-refractivity contribution < 1.29 is 52.2 Å². The lowest BCUT2D eigenvalue weighted by Crippen LogP contribution is -2.59. The molecule has 6 aliphatic rings. The van der Waals surface area contributed by atoms with Crippen molar-refractivity contribution in [1.82, 2.24) is 4.90 Å². The van der Waals surface area contributed by atoms with Crippen molar-refractivity contribution in [1.29, 1.82) is 0 Å². The smallest absolute Gasteiger partial charge is 0.306 e. The summed E-state index contributed by atoms with van der Waals surface area (Å²) < 4.78 is 55.9. The molecule has 7 rings (SSSR count). The van der Waals surface area contributed by atoms with E-state index in [1.807, 2.05) is 26.0 Å². The summed E-state index contributed by atoms with van der Waals surface area (Å²) in [6.07, 6.45) is 7.79. The monoisotopic (exact) mass is 838 g/mol. The van der Waals surface area contributed by atoms with Gasteiger partial charge in [0.05, 0.1) is 37.9 Å². The van der Waals surface area contributed by atoms with Gasteiger partial charge >= 0.3 is 5.97 Å². The molecule has 1 aromatic rings. The Balaban J connectivity index is 1.21. The van der Waals surface area contributed by atoms with Gasteiger partial charge in [-0.25, -0.2) is 0 Å². The average molecular weight is 838 g/mol. The highest BCUT2D eigenvalue weighted by Gasteiger charge is 2.54. The maximum Gasteiger partial charge on any atom is 0.306 e. The zero-order valence-electron chi connectivity index (χ0n) is 37.6. The normalized spacial score (nSPS) is 41.3. The Bertz CT molecular complexity index is 1680. The van der Waals surface area contributed by atoms with Gasteiger partial charge in [0.15, 0.2) is 18.4 Å². The first-order chi connectivity index (χ1) is 28.9. The van der Waals surface area contributed by atoms with Gasteiger partial charge in [0.25, 0.3) is 0 Å². The topological polar surface area (TPSA) is 120 Å². The molecule has 1 aromatic carbocycles. The number of benzene rings is 1. The van der Waals surface area contributed by atoms with Gasteiger partial charge in [-0.1, -0.05) is 43.7 Å². The molecule has 3 heterocycles. The van der Waals surface area contributed by atoms with Crippen molar-refractivity contribution in [3.63, 3.8) is 0 Å². The van der Waals surface area contributed by atoms with E-state index in [0.717, 1.165) is 61.8 Å². The van der Waals surface area contributed by atoms with Crippen molar-refractivity contribution in [3.05, 3.63) is 53.1 Å². The number of fused-ring (bicyclic) bond motifs is 5. The summed E-state index contributed by atoms with van der Waals surface area (Å²) in [7, 11) is 10.8. The first kappa shape index (κ1) is 45.3. The van der Waals surface area contributed by atoms with E-state index in [-0.39, 0.29) is 96.8 Å². The summed E-state index contributed by atoms with van der Waals surface area (Å²) >= 11 is 0. The zero-order chi connectivity index (χ0) is 42.8. The Hall–Kier alpha value is -2.68. The lowest BCUT2D eigenvalue weighted by molar-refractivity contribution is -0.314. The standard InChI is InChI=1S/C48H71NO11/c1-11-31-13-12-14-40(60-42-20-19-39(49(5)6)27(3)56-42)26(2)44(51)38-24-36-34-23-33(59-48-47(55-10)46(54-9)45(53-8)28(4)57-48)21-30(34)22-35(29-15-17-32(52-7)18-16-29)43(36)37(38)25-41(50)58-31/h15-18,22,24,26-28,31,33-37,39-40,42-43,45-48H,11-14,19-21,23,25H2,1-10H3/t26-,27?,28?,31+,33-,34-,35?,36+,37-,39+,40+,42+,43-,45+,46?,47?,48+/m1/s1. The molecule has 3 aliphatic carbocycles. The Morgan fingerprint density at radius 1 is 0.783 bits per heavy atom. The van der Waals surface area contributed by atoms with Gasteiger partial charge in [-0.05, 0) is 120 Å². The molecule has 12 heteroatoms. The van der Waals surface area contributed by atoms with Crippen LogP contribution in [0.2, 0.25) is 0 Å². The van der Waals surface area contributed by atoms with Crippen molar-refractivity contribution in [2.45, 2.75) is 159 Å². The number of nitrogens with zero attached hydrogens (tertiary/aromatic N) is 1. The van der Waals surface area contributed by atoms with Crippen LogP contribution < -0.4 is 4.74 Å². The molecule has 0 radical (unpaired) electrons. The van der Waals surface area contributed by atoms with Crippen LogP contribution in [0.3, 0.4) is 0 Å². The molecule has 334 valence electrons. The number of esters is 1. The quantitative estimate of drug-likeness (QED) is 0.168. The second-order valence-electron chi connectivity index (χ2n) is 18.4. The zero-order valence-corrected chi connectivity index (χ0v) is 37.6. The summed E-state index contributed by atoms with van der Waals surface area (Å²) in [6.45, 7) is 8.17. The highest BCUT2D eigenvalue weighted by Crippen LogP contribution is 2.59. The number of carbonyl (C=O) groups is 2. The highest BCUT2D eigenvalue weighted by molar-refractivity contribution is 5.99. The lowest BCUT2D eigenvalue weighted by Gasteiger charge is -2.44. The fourth-order valence-corrected chi connectivity index (χ4v) is 11.6. The maximum absolute atomic E-state index is 15.2. The molecule has 0 aromatic heterocycles. The van der Waals surface area contributed by atoms with Gasteiger partial charge in [-0.15, -0.1) is 0 Å². The summed E-state index contributed by atoms with van der Waals surface area (Å²) in [4.78, 5) is 31.4. The van der Waals surface area contributed by atoms with Crippen LogP contribution in [-0.4, -0.2) is 127 Å². The fraction of sp³-hybridized carbons (Fsp3) is 0.750. The molecule has 60 heavy (non-hydrogen) atoms. The van der Waals surface area contributed by atoms with Crippen molar-refractivity contribution in [2.75, 3.05) is 42.5 Å². The van der Waals surface area contributed by atoms with Crippen LogP contribution in [0.5, 0.6) is 5.75 Å². The summed E-state index contributed by atoms with van der Waals surface area (Å²) in [6, 6.07) is 8.55. The minimum absolute atomic E-state index is 0.000583. The van der Waals surface area contributed by atoms with E-state index in [0.29, 0.717) is 12.5 Å². The third kappa shape index (κ3) is 9.32. The number of methoxy groups -OCH3 is 4. The van der Waals surface area contributed by atoms with E-state index in [4.69, 9.17) is 42.6 Å². The van der Waals surface area contributed by atoms with Gasteiger partial charge in [0.1, 0.15) is 30.2 Å². The predicted molar refractivity (Wildman–Crippen MR) is 225 cm³/mol. The number of carbonyl (C=O) groups excluding carboxylic acids is 2. The molecule has 3 aliphatic heterocycles. The van der Waals surface area contributed by atoms with Gasteiger partial charge in [0, 0.05) is 45.1 Å². The molecular formula is C48H71NO11. The number of cyclic esters (lactones) is 1. The van der Waals surface area contributed by atoms with Crippen molar-refractivity contribution in [2.24, 2.45) is 29.6 Å². The number of ether oxygens (including phenoxy) is 9. The van der Waals surface area contributed by atoms with E-state index in [1.165, 1.54) is 5.57 Å². The van der Waals surface area contributed by atoms with Crippen LogP contribution >= 0.6 is 0 Å². The highest BCUT2D eigenvalue weighted by atomic mass is 16.7. The Morgan fingerprint density at radius 3 is 2.17 bits per heavy atom. The van der Waals surface area contributed by atoms with Gasteiger partial charge in [-0.2, -0.15) is 0 Å². The van der Waals surface area contributed by atoms with E-state index in [9.17, 15) is 4.79 Å². The third-order valence-corrected chi connectivity index (χ3v) is 14.8. The Labute approximate surface area is 357 Å². The third-order valence-electron chi connectivity index (χ3n) is 14.8. The molecule has 3 saturated heterocycles. The van der Waals surface area contributed by atoms with Crippen LogP contribution in [0.25, 0.3) is 0 Å². The number of likely N-dealkylation sites (N-methyl/N-ethyl adjacent to an activating group) is 1. The van der Waals surface area contributed by atoms with Crippen LogP contribution in [0.4, 0.5) is 0 Å². The van der Waals surface area contributed by atoms with Gasteiger partial charge in [0.2, 0.25) is 0 Å². The largest absolute Gasteiger partial charge is 0.497 e. The van der Waals surface area contributed by atoms with Crippen LogP contribution in [0.1, 0.15) is 97.0 Å². The van der Waals surface area contributed by atoms with Crippen LogP contribution in [-0.2, 0) is 47.5 Å². The molecule has 1 saturated carbocycles. The minimum Gasteiger partial charge on any atom is -0.497 e. The minimum atomic E-state index is -0.650. The van der Waals surface area contributed by atoms with E-state index >= 15 is 4.79 Å². The molecule has 0 bridgehead atoms. The van der Waals surface area contributed by atoms with Crippen LogP contribution in [0.15, 0.2) is 47.6 Å². The van der Waals surface area contributed by atoms with Crippen molar-refractivity contribution in [3.8, 4) is 5.75 Å². The Morgan fingerprint density at radius 2 is 1.52 bits per heavy atom. The molecule has 5 unspecified atom stereocenters. The average Bonchev–Trinajstić information content (AvgIpc) is 3.82. The second-order valence-corrected chi connectivity index (χ2v) is 18.4. The first-order valence-electron chi connectivity index (χ1n) is 22.6. The Kier molecular flexibility index (Phi) is 15.0. The number of hydrogen-bond acceptors (Lipinski definition) is 12. The SMILES string of the molecule is CC[C@H]1CCC[C@H](O[C@H]2CC[C@H](N(C)C)C(C)O2)[C@@H](C)C(=O)C2=C[C@@H]3[C@@H](C(c4ccc(OC)cc4)C=C4C[C@@H](O[C@@H]5OC(C)[C@H](OC)C(OC)C5OC)C[C@H]43)[C@@H]2CC(=O)O1. The predicted octanol–water partition coefficient (Wildman–Crippen LogP) is 7.03. The number of Topliss-reactive ketones (excluding diaryl/α,β-unsaturated/α-hetero) is 1. The number of ketones is 1. The molecule has 4 fully saturated rings. The number of allylic oxidation sites excluding steroid dienone is 3. The van der Waals surface area contributed by atoms with Gasteiger partial charge in [-0.3, -0.25) is 9.59 Å². The second kappa shape index (κ2) is 19.8. The molecular weight excluding hydrogens is 767 g/mol. The summed E-state index contributed by atoms with van der Waals surface area (Å²) in [5, 5.41) is 0. The first-order valence-corrected chi connectivity index (χ1v) is 22.6. The molecule has 0 N–H and O–H groups in total. The van der Waals surface area contributed by atoms with E-state index in [2.05, 4.69) is 57.1 Å². The summed E-state index contributed by atoms with van der Waals surface area (Å²) in [5.41, 5.74) is 3.17.